The van der Waals surface area contributed by atoms with Gasteiger partial charge in [-0.1, -0.05) is 19.4 Å². The Kier molecular flexibility index (Phi) is 3.55. The van der Waals surface area contributed by atoms with Crippen molar-refractivity contribution in [1.82, 2.24) is 0 Å². The van der Waals surface area contributed by atoms with Crippen molar-refractivity contribution in [3.8, 4) is 0 Å². The molecule has 1 aromatic rings. The van der Waals surface area contributed by atoms with E-state index in [1.54, 1.807) is 26.2 Å². The minimum atomic E-state index is -1.00. The zero-order valence-corrected chi connectivity index (χ0v) is 9.73. The fraction of sp³-hybridized carbons (Fsp3) is 0.417. The van der Waals surface area contributed by atoms with Gasteiger partial charge in [0.15, 0.2) is 0 Å². The molecule has 4 nitrogen and oxygen atoms in total. The molecular formula is C12H17NO3. The van der Waals surface area contributed by atoms with Crippen LogP contribution in [0, 0.1) is 5.41 Å². The normalized spacial score (nSPS) is 14.9. The summed E-state index contributed by atoms with van der Waals surface area (Å²) in [7, 11) is 0. The van der Waals surface area contributed by atoms with Gasteiger partial charge in [0.2, 0.25) is 0 Å². The molecule has 0 fully saturated rings. The summed E-state index contributed by atoms with van der Waals surface area (Å²) in [6.07, 6.45) is 3.38. The fourth-order valence-corrected chi connectivity index (χ4v) is 1.33. The van der Waals surface area contributed by atoms with Crippen LogP contribution in [0.25, 0.3) is 6.08 Å². The first-order valence-corrected chi connectivity index (χ1v) is 5.06. The Morgan fingerprint density at radius 2 is 2.25 bits per heavy atom. The quantitative estimate of drug-likeness (QED) is 0.819. The highest BCUT2D eigenvalue weighted by Gasteiger charge is 2.33. The van der Waals surface area contributed by atoms with Crippen molar-refractivity contribution in [2.75, 3.05) is 0 Å². The summed E-state index contributed by atoms with van der Waals surface area (Å²) in [4.78, 5) is 10.9. The molecule has 0 aromatic carbocycles. The number of hydrogen-bond donors (Lipinski definition) is 2. The van der Waals surface area contributed by atoms with Gasteiger partial charge in [-0.15, -0.1) is 0 Å². The van der Waals surface area contributed by atoms with E-state index in [1.807, 2.05) is 19.1 Å². The van der Waals surface area contributed by atoms with Gasteiger partial charge in [0.25, 0.3) is 0 Å². The summed E-state index contributed by atoms with van der Waals surface area (Å²) in [6.45, 7) is 5.46. The molecule has 1 rings (SSSR count). The number of nitrogens with two attached hydrogens (primary N) is 1. The summed E-state index contributed by atoms with van der Waals surface area (Å²) in [6, 6.07) is 2.66. The van der Waals surface area contributed by atoms with Crippen LogP contribution in [0.4, 0.5) is 0 Å². The van der Waals surface area contributed by atoms with Crippen molar-refractivity contribution in [2.24, 2.45) is 11.1 Å². The number of furan rings is 1. The zero-order chi connectivity index (χ0) is 12.3. The number of hydrogen-bond acceptors (Lipinski definition) is 3. The highest BCUT2D eigenvalue weighted by atomic mass is 16.4. The van der Waals surface area contributed by atoms with Gasteiger partial charge in [0, 0.05) is 5.41 Å². The van der Waals surface area contributed by atoms with E-state index in [2.05, 4.69) is 0 Å². The van der Waals surface area contributed by atoms with E-state index in [0.717, 1.165) is 5.57 Å². The van der Waals surface area contributed by atoms with E-state index >= 15 is 0 Å². The lowest BCUT2D eigenvalue weighted by molar-refractivity contribution is -0.140. The summed E-state index contributed by atoms with van der Waals surface area (Å²) in [5.74, 6) is -0.305. The van der Waals surface area contributed by atoms with Crippen LogP contribution in [0.15, 0.2) is 28.4 Å². The average Bonchev–Trinajstić information content (AvgIpc) is 2.68. The molecule has 16 heavy (non-hydrogen) atoms. The van der Waals surface area contributed by atoms with E-state index in [4.69, 9.17) is 15.3 Å². The van der Waals surface area contributed by atoms with Crippen LogP contribution in [-0.4, -0.2) is 17.1 Å². The Labute approximate surface area is 94.8 Å². The summed E-state index contributed by atoms with van der Waals surface area (Å²) in [5, 5.41) is 8.92. The molecular weight excluding hydrogens is 206 g/mol. The Hall–Kier alpha value is -1.55. The second kappa shape index (κ2) is 4.53. The highest BCUT2D eigenvalue weighted by molar-refractivity contribution is 5.75. The molecule has 0 aliphatic carbocycles. The monoisotopic (exact) mass is 223 g/mol. The Bertz CT molecular complexity index is 390. The molecule has 1 aromatic heterocycles. The van der Waals surface area contributed by atoms with Crippen molar-refractivity contribution >= 4 is 12.0 Å². The Balaban J connectivity index is 2.95. The van der Waals surface area contributed by atoms with Crippen molar-refractivity contribution in [3.63, 3.8) is 0 Å². The second-order valence-corrected chi connectivity index (χ2v) is 4.38. The van der Waals surface area contributed by atoms with Gasteiger partial charge in [0.05, 0.1) is 6.26 Å². The van der Waals surface area contributed by atoms with Crippen molar-refractivity contribution in [2.45, 2.75) is 26.8 Å². The maximum atomic E-state index is 10.9. The van der Waals surface area contributed by atoms with Crippen molar-refractivity contribution in [1.29, 1.82) is 0 Å². The predicted molar refractivity (Wildman–Crippen MR) is 61.8 cm³/mol. The molecule has 3 N–H and O–H groups in total. The van der Waals surface area contributed by atoms with Gasteiger partial charge in [-0.05, 0) is 25.1 Å². The van der Waals surface area contributed by atoms with Gasteiger partial charge in [0.1, 0.15) is 11.8 Å². The molecule has 1 unspecified atom stereocenters. The number of carboxylic acid groups (broad SMARTS) is 1. The molecule has 0 aliphatic rings. The molecule has 0 aliphatic heterocycles. The molecule has 0 saturated heterocycles. The third-order valence-electron chi connectivity index (χ3n) is 2.96. The first-order valence-electron chi connectivity index (χ1n) is 5.06. The van der Waals surface area contributed by atoms with Crippen molar-refractivity contribution < 1.29 is 14.3 Å². The lowest BCUT2D eigenvalue weighted by Gasteiger charge is -2.29. The minimum Gasteiger partial charge on any atom is -0.480 e. The highest BCUT2D eigenvalue weighted by Crippen LogP contribution is 2.30. The van der Waals surface area contributed by atoms with Crippen LogP contribution >= 0.6 is 0 Å². The third kappa shape index (κ3) is 2.52. The molecule has 0 spiro atoms. The number of carbonyl (C=O) groups is 1. The van der Waals surface area contributed by atoms with Gasteiger partial charge < -0.3 is 15.3 Å². The van der Waals surface area contributed by atoms with E-state index in [-0.39, 0.29) is 0 Å². The largest absolute Gasteiger partial charge is 0.480 e. The van der Waals surface area contributed by atoms with Crippen LogP contribution in [0.2, 0.25) is 0 Å². The van der Waals surface area contributed by atoms with E-state index < -0.39 is 17.4 Å². The SMILES string of the molecule is C/C(=C\c1ccco1)C(C)(C)C(N)C(=O)O. The van der Waals surface area contributed by atoms with Gasteiger partial charge in [-0.25, -0.2) is 0 Å². The first kappa shape index (κ1) is 12.5. The van der Waals surface area contributed by atoms with Crippen LogP contribution in [-0.2, 0) is 4.79 Å². The number of aliphatic carboxylic acids is 1. The molecule has 1 atom stereocenters. The van der Waals surface area contributed by atoms with Gasteiger partial charge in [-0.3, -0.25) is 4.79 Å². The minimum absolute atomic E-state index is 0.612. The standard InChI is InChI=1S/C12H17NO3/c1-8(7-9-5-4-6-16-9)12(2,3)10(13)11(14)15/h4-7,10H,13H2,1-3H3,(H,14,15)/b8-7+. The molecule has 88 valence electrons. The molecule has 0 bridgehead atoms. The molecule has 0 saturated carbocycles. The lowest BCUT2D eigenvalue weighted by Crippen LogP contribution is -2.44. The van der Waals surface area contributed by atoms with Gasteiger partial charge >= 0.3 is 5.97 Å². The van der Waals surface area contributed by atoms with E-state index in [9.17, 15) is 4.79 Å². The molecule has 4 heteroatoms. The topological polar surface area (TPSA) is 76.5 Å². The van der Waals surface area contributed by atoms with Crippen LogP contribution in [0.3, 0.4) is 0 Å². The maximum absolute atomic E-state index is 10.9. The average molecular weight is 223 g/mol. The molecule has 0 radical (unpaired) electrons. The lowest BCUT2D eigenvalue weighted by atomic mass is 9.78. The molecule has 1 heterocycles. The van der Waals surface area contributed by atoms with Crippen molar-refractivity contribution in [3.05, 3.63) is 29.7 Å². The summed E-state index contributed by atoms with van der Waals surface area (Å²) < 4.78 is 5.17. The predicted octanol–water partition coefficient (Wildman–Crippen LogP) is 2.12. The maximum Gasteiger partial charge on any atom is 0.321 e. The number of carboxylic acids is 1. The van der Waals surface area contributed by atoms with Crippen LogP contribution < -0.4 is 5.73 Å². The summed E-state index contributed by atoms with van der Waals surface area (Å²) >= 11 is 0. The third-order valence-corrected chi connectivity index (χ3v) is 2.96. The Morgan fingerprint density at radius 3 is 2.69 bits per heavy atom. The van der Waals surface area contributed by atoms with Crippen LogP contribution in [0.1, 0.15) is 26.5 Å². The van der Waals surface area contributed by atoms with E-state index in [1.165, 1.54) is 0 Å². The van der Waals surface area contributed by atoms with Crippen LogP contribution in [0.5, 0.6) is 0 Å². The summed E-state index contributed by atoms with van der Waals surface area (Å²) in [5.41, 5.74) is 5.91. The van der Waals surface area contributed by atoms with E-state index in [0.29, 0.717) is 5.76 Å². The first-order chi connectivity index (χ1) is 7.35. The number of rotatable bonds is 4. The Morgan fingerprint density at radius 1 is 1.62 bits per heavy atom. The van der Waals surface area contributed by atoms with Gasteiger partial charge in [-0.2, -0.15) is 0 Å². The smallest absolute Gasteiger partial charge is 0.321 e. The fourth-order valence-electron chi connectivity index (χ4n) is 1.33. The molecule has 0 amide bonds. The zero-order valence-electron chi connectivity index (χ0n) is 9.73. The second-order valence-electron chi connectivity index (χ2n) is 4.38.